The molecule has 1 aromatic heterocycles. The minimum Gasteiger partial charge on any atom is -0.396 e. The summed E-state index contributed by atoms with van der Waals surface area (Å²) in [5, 5.41) is 11.8. The number of hydrogen-bond donors (Lipinski definition) is 1. The van der Waals surface area contributed by atoms with Crippen LogP contribution in [0.2, 0.25) is 0 Å². The summed E-state index contributed by atoms with van der Waals surface area (Å²) in [7, 11) is 0. The van der Waals surface area contributed by atoms with Crippen molar-refractivity contribution in [3.05, 3.63) is 34.0 Å². The Morgan fingerprint density at radius 1 is 1.41 bits per heavy atom. The van der Waals surface area contributed by atoms with Gasteiger partial charge in [0, 0.05) is 39.5 Å². The Hall–Kier alpha value is -0.950. The molecule has 0 aliphatic carbocycles. The number of aliphatic hydroxyl groups excluding tert-OH is 1. The van der Waals surface area contributed by atoms with E-state index in [9.17, 15) is 5.11 Å². The zero-order valence-electron chi connectivity index (χ0n) is 12.2. The molecule has 114 valence electrons. The van der Waals surface area contributed by atoms with Crippen LogP contribution in [0.25, 0.3) is 15.8 Å². The molecule has 0 fully saturated rings. The second-order valence-electron chi connectivity index (χ2n) is 5.15. The van der Waals surface area contributed by atoms with E-state index < -0.39 is 0 Å². The smallest absolute Gasteiger partial charge is 0.168 e. The number of aliphatic imine (C=N–C) groups is 1. The van der Waals surface area contributed by atoms with Crippen molar-refractivity contribution in [3.63, 3.8) is 0 Å². The van der Waals surface area contributed by atoms with Gasteiger partial charge in [0.05, 0.1) is 17.1 Å². The van der Waals surface area contributed by atoms with Crippen LogP contribution in [-0.4, -0.2) is 41.1 Å². The highest BCUT2D eigenvalue weighted by molar-refractivity contribution is 8.17. The molecular formula is C16H16N2OS3. The van der Waals surface area contributed by atoms with Crippen LogP contribution < -0.4 is 0 Å². The molecule has 0 atom stereocenters. The quantitative estimate of drug-likeness (QED) is 0.844. The van der Waals surface area contributed by atoms with Crippen LogP contribution in [0.3, 0.4) is 0 Å². The SMILES string of the molecule is CSc1cccc2sc(C3=C(CCO)SC4=NCCN43)cc12. The summed E-state index contributed by atoms with van der Waals surface area (Å²) >= 11 is 5.36. The van der Waals surface area contributed by atoms with Crippen molar-refractivity contribution in [1.29, 1.82) is 0 Å². The van der Waals surface area contributed by atoms with Gasteiger partial charge in [0.25, 0.3) is 0 Å². The van der Waals surface area contributed by atoms with E-state index in [1.165, 1.54) is 30.5 Å². The van der Waals surface area contributed by atoms with Gasteiger partial charge in [-0.15, -0.1) is 23.1 Å². The number of thioether (sulfide) groups is 2. The Morgan fingerprint density at radius 3 is 3.14 bits per heavy atom. The highest BCUT2D eigenvalue weighted by Gasteiger charge is 2.33. The molecule has 2 aromatic rings. The first kappa shape index (κ1) is 14.6. The maximum absolute atomic E-state index is 9.37. The van der Waals surface area contributed by atoms with Crippen molar-refractivity contribution in [3.8, 4) is 0 Å². The van der Waals surface area contributed by atoms with Crippen molar-refractivity contribution in [2.75, 3.05) is 26.0 Å². The predicted octanol–water partition coefficient (Wildman–Crippen LogP) is 4.09. The zero-order valence-corrected chi connectivity index (χ0v) is 14.7. The number of fused-ring (bicyclic) bond motifs is 2. The van der Waals surface area contributed by atoms with Crippen molar-refractivity contribution < 1.29 is 5.11 Å². The monoisotopic (exact) mass is 348 g/mol. The maximum atomic E-state index is 9.37. The molecule has 1 aromatic carbocycles. The molecule has 22 heavy (non-hydrogen) atoms. The third-order valence-electron chi connectivity index (χ3n) is 3.86. The molecule has 0 radical (unpaired) electrons. The summed E-state index contributed by atoms with van der Waals surface area (Å²) in [6, 6.07) is 8.80. The first-order valence-corrected chi connectivity index (χ1v) is 10.1. The van der Waals surface area contributed by atoms with E-state index in [0.29, 0.717) is 6.42 Å². The van der Waals surface area contributed by atoms with Crippen LogP contribution in [0.1, 0.15) is 11.3 Å². The van der Waals surface area contributed by atoms with Gasteiger partial charge < -0.3 is 10.0 Å². The first-order valence-electron chi connectivity index (χ1n) is 7.22. The fraction of sp³-hybridized carbons (Fsp3) is 0.312. The third kappa shape index (κ3) is 2.29. The summed E-state index contributed by atoms with van der Waals surface area (Å²) < 4.78 is 1.33. The number of amidine groups is 1. The highest BCUT2D eigenvalue weighted by atomic mass is 32.2. The average molecular weight is 349 g/mol. The highest BCUT2D eigenvalue weighted by Crippen LogP contribution is 2.46. The van der Waals surface area contributed by atoms with Crippen LogP contribution in [0, 0.1) is 0 Å². The van der Waals surface area contributed by atoms with E-state index in [0.717, 1.165) is 18.3 Å². The van der Waals surface area contributed by atoms with Crippen LogP contribution in [0.4, 0.5) is 0 Å². The number of rotatable bonds is 4. The molecule has 2 aliphatic heterocycles. The fourth-order valence-electron chi connectivity index (χ4n) is 2.90. The van der Waals surface area contributed by atoms with E-state index in [1.807, 2.05) is 11.3 Å². The van der Waals surface area contributed by atoms with E-state index in [1.54, 1.807) is 23.5 Å². The van der Waals surface area contributed by atoms with Crippen molar-refractivity contribution in [1.82, 2.24) is 4.90 Å². The summed E-state index contributed by atoms with van der Waals surface area (Å²) in [6.07, 6.45) is 2.83. The molecule has 4 rings (SSSR count). The molecule has 0 saturated heterocycles. The van der Waals surface area contributed by atoms with Gasteiger partial charge in [0.2, 0.25) is 0 Å². The Balaban J connectivity index is 1.85. The van der Waals surface area contributed by atoms with E-state index in [-0.39, 0.29) is 6.61 Å². The number of nitrogens with zero attached hydrogens (tertiary/aromatic N) is 2. The second-order valence-corrected chi connectivity index (χ2v) is 8.14. The number of hydrogen-bond acceptors (Lipinski definition) is 6. The van der Waals surface area contributed by atoms with E-state index >= 15 is 0 Å². The topological polar surface area (TPSA) is 35.8 Å². The lowest BCUT2D eigenvalue weighted by Gasteiger charge is -2.15. The number of thiophene rings is 1. The summed E-state index contributed by atoms with van der Waals surface area (Å²) in [5.41, 5.74) is 1.27. The Kier molecular flexibility index (Phi) is 3.94. The molecule has 6 heteroatoms. The molecule has 2 aliphatic rings. The average Bonchev–Trinajstić information content (AvgIpc) is 3.19. The molecule has 0 spiro atoms. The normalized spacial score (nSPS) is 17.5. The van der Waals surface area contributed by atoms with Crippen LogP contribution in [0.5, 0.6) is 0 Å². The Bertz CT molecular complexity index is 794. The van der Waals surface area contributed by atoms with Gasteiger partial charge in [0.15, 0.2) is 5.17 Å². The first-order chi connectivity index (χ1) is 10.8. The summed E-state index contributed by atoms with van der Waals surface area (Å²) in [4.78, 5) is 10.8. The van der Waals surface area contributed by atoms with Crippen molar-refractivity contribution in [2.24, 2.45) is 4.99 Å². The van der Waals surface area contributed by atoms with Crippen LogP contribution >= 0.6 is 34.9 Å². The molecule has 1 N–H and O–H groups in total. The minimum atomic E-state index is 0.188. The molecule has 0 unspecified atom stereocenters. The molecular weight excluding hydrogens is 332 g/mol. The molecule has 3 heterocycles. The summed E-state index contributed by atoms with van der Waals surface area (Å²) in [5.74, 6) is 0. The number of aliphatic hydroxyl groups is 1. The second kappa shape index (κ2) is 5.92. The largest absolute Gasteiger partial charge is 0.396 e. The van der Waals surface area contributed by atoms with Gasteiger partial charge in [-0.3, -0.25) is 4.99 Å². The molecule has 0 saturated carbocycles. The van der Waals surface area contributed by atoms with Crippen molar-refractivity contribution >= 4 is 55.8 Å². The fourth-order valence-corrected chi connectivity index (χ4v) is 5.98. The summed E-state index contributed by atoms with van der Waals surface area (Å²) in [6.45, 7) is 2.02. The van der Waals surface area contributed by atoms with Gasteiger partial charge in [-0.2, -0.15) is 0 Å². The van der Waals surface area contributed by atoms with Gasteiger partial charge in [-0.25, -0.2) is 0 Å². The maximum Gasteiger partial charge on any atom is 0.168 e. The van der Waals surface area contributed by atoms with Crippen molar-refractivity contribution in [2.45, 2.75) is 11.3 Å². The van der Waals surface area contributed by atoms with E-state index in [4.69, 9.17) is 0 Å². The van der Waals surface area contributed by atoms with Gasteiger partial charge in [-0.05, 0) is 24.5 Å². The Labute approximate surface area is 142 Å². The minimum absolute atomic E-state index is 0.188. The third-order valence-corrected chi connectivity index (χ3v) is 6.94. The van der Waals surface area contributed by atoms with E-state index in [2.05, 4.69) is 40.4 Å². The predicted molar refractivity (Wildman–Crippen MR) is 98.8 cm³/mol. The lowest BCUT2D eigenvalue weighted by atomic mass is 10.2. The van der Waals surface area contributed by atoms with Gasteiger partial charge in [0.1, 0.15) is 0 Å². The lowest BCUT2D eigenvalue weighted by molar-refractivity contribution is 0.301. The number of benzene rings is 1. The van der Waals surface area contributed by atoms with Crippen LogP contribution in [-0.2, 0) is 0 Å². The molecule has 0 bridgehead atoms. The molecule has 3 nitrogen and oxygen atoms in total. The molecule has 0 amide bonds. The Morgan fingerprint density at radius 2 is 2.32 bits per heavy atom. The zero-order chi connectivity index (χ0) is 15.1. The standard InChI is InChI=1S/C16H16N2OS3/c1-20-11-3-2-4-12-10(11)9-14(21-12)15-13(5-8-19)22-16-17-6-7-18(15)16/h2-4,9,19H,5-8H2,1H3. The van der Waals surface area contributed by atoms with Gasteiger partial charge >= 0.3 is 0 Å². The lowest BCUT2D eigenvalue weighted by Crippen LogP contribution is -2.19. The van der Waals surface area contributed by atoms with Gasteiger partial charge in [-0.1, -0.05) is 17.8 Å². The van der Waals surface area contributed by atoms with Crippen LogP contribution in [0.15, 0.2) is 39.1 Å².